The summed E-state index contributed by atoms with van der Waals surface area (Å²) in [6.07, 6.45) is 13.3. The second kappa shape index (κ2) is 15.5. The zero-order valence-electron chi connectivity index (χ0n) is 16.7. The van der Waals surface area contributed by atoms with Gasteiger partial charge in [0.2, 0.25) is 0 Å². The number of unbranched alkanes of at least 4 members (excludes halogenated alkanes) is 10. The fourth-order valence-corrected chi connectivity index (χ4v) is 3.45. The van der Waals surface area contributed by atoms with Gasteiger partial charge in [0.25, 0.3) is 0 Å². The smallest absolute Gasteiger partial charge is 0.744 e. The van der Waals surface area contributed by atoms with Crippen LogP contribution in [0.4, 0.5) is 0 Å². The Balaban J connectivity index is 0.00000676. The maximum absolute atomic E-state index is 11.8. The number of ether oxygens (including phenoxy) is 1. The quantitative estimate of drug-likeness (QED) is 0.155. The first-order chi connectivity index (χ1) is 12.4. The standard InChI is InChI=1S/C20H32O5S.Na/c1-2-3-4-5-6-7-8-9-10-11-12-17-20(21)25-18-15-13-14-16-19(18)26(22,23)24;/h13-16H,2-12,17H2,1H3,(H,22,23,24);/q;+1/p-1. The molecule has 0 N–H and O–H groups in total. The number of para-hydroxylation sites is 1. The number of carbonyl (C=O) groups excluding carboxylic acids is 1. The van der Waals surface area contributed by atoms with Crippen molar-refractivity contribution in [3.63, 3.8) is 0 Å². The largest absolute Gasteiger partial charge is 1.00 e. The van der Waals surface area contributed by atoms with Crippen LogP contribution in [0.15, 0.2) is 29.2 Å². The first-order valence-corrected chi connectivity index (χ1v) is 11.1. The molecule has 5 nitrogen and oxygen atoms in total. The molecule has 0 amide bonds. The van der Waals surface area contributed by atoms with Crippen LogP contribution >= 0.6 is 0 Å². The van der Waals surface area contributed by atoms with Crippen molar-refractivity contribution >= 4 is 16.1 Å². The van der Waals surface area contributed by atoms with E-state index in [4.69, 9.17) is 4.74 Å². The molecule has 0 heterocycles. The van der Waals surface area contributed by atoms with Gasteiger partial charge in [0.15, 0.2) is 0 Å². The Morgan fingerprint density at radius 3 is 1.89 bits per heavy atom. The van der Waals surface area contributed by atoms with E-state index in [-0.39, 0.29) is 41.7 Å². The molecule has 1 aromatic carbocycles. The van der Waals surface area contributed by atoms with Crippen molar-refractivity contribution in [2.45, 2.75) is 88.9 Å². The van der Waals surface area contributed by atoms with E-state index in [0.29, 0.717) is 6.42 Å². The van der Waals surface area contributed by atoms with Crippen molar-refractivity contribution in [1.82, 2.24) is 0 Å². The van der Waals surface area contributed by atoms with Crippen molar-refractivity contribution in [2.75, 3.05) is 0 Å². The molecule has 0 fully saturated rings. The van der Waals surface area contributed by atoms with Crippen molar-refractivity contribution in [3.8, 4) is 5.75 Å². The van der Waals surface area contributed by atoms with E-state index in [1.54, 1.807) is 0 Å². The Kier molecular flexibility index (Phi) is 15.3. The van der Waals surface area contributed by atoms with Gasteiger partial charge in [0, 0.05) is 6.42 Å². The minimum absolute atomic E-state index is 0. The Morgan fingerprint density at radius 1 is 0.889 bits per heavy atom. The number of hydrogen-bond donors (Lipinski definition) is 0. The van der Waals surface area contributed by atoms with Crippen LogP contribution in [0.5, 0.6) is 5.75 Å². The predicted molar refractivity (Wildman–Crippen MR) is 101 cm³/mol. The summed E-state index contributed by atoms with van der Waals surface area (Å²) in [4.78, 5) is 11.3. The molecule has 0 saturated carbocycles. The predicted octanol–water partition coefficient (Wildman–Crippen LogP) is 2.20. The molecule has 0 aliphatic heterocycles. The van der Waals surface area contributed by atoms with Crippen molar-refractivity contribution in [3.05, 3.63) is 24.3 Å². The van der Waals surface area contributed by atoms with Crippen molar-refractivity contribution in [1.29, 1.82) is 0 Å². The van der Waals surface area contributed by atoms with Crippen LogP contribution in [0.3, 0.4) is 0 Å². The third kappa shape index (κ3) is 12.6. The first kappa shape index (κ1) is 26.6. The molecule has 0 atom stereocenters. The molecule has 1 rings (SSSR count). The molecule has 0 aliphatic carbocycles. The Bertz CT molecular complexity index is 631. The monoisotopic (exact) mass is 406 g/mol. The Morgan fingerprint density at radius 2 is 1.37 bits per heavy atom. The van der Waals surface area contributed by atoms with E-state index in [1.807, 2.05) is 0 Å². The summed E-state index contributed by atoms with van der Waals surface area (Å²) < 4.78 is 38.5. The number of carbonyl (C=O) groups is 1. The molecule has 0 aliphatic rings. The molecular formula is C20H31NaO5S. The SMILES string of the molecule is CCCCCCCCCCCCCC(=O)Oc1ccccc1S(=O)(=O)[O-].[Na+]. The maximum atomic E-state index is 11.8. The molecule has 1 aromatic rings. The summed E-state index contributed by atoms with van der Waals surface area (Å²) in [5, 5.41) is 0. The van der Waals surface area contributed by atoms with E-state index >= 15 is 0 Å². The third-order valence-electron chi connectivity index (χ3n) is 4.33. The maximum Gasteiger partial charge on any atom is 1.00 e. The van der Waals surface area contributed by atoms with E-state index in [0.717, 1.165) is 18.9 Å². The number of esters is 1. The normalized spacial score (nSPS) is 11.0. The van der Waals surface area contributed by atoms with Crippen LogP contribution in [-0.2, 0) is 14.9 Å². The Hall–Kier alpha value is -0.400. The van der Waals surface area contributed by atoms with E-state index in [1.165, 1.54) is 69.6 Å². The molecule has 0 radical (unpaired) electrons. The molecule has 148 valence electrons. The second-order valence-corrected chi connectivity index (χ2v) is 8.01. The summed E-state index contributed by atoms with van der Waals surface area (Å²) in [5.41, 5.74) is 0. The zero-order chi connectivity index (χ0) is 19.3. The summed E-state index contributed by atoms with van der Waals surface area (Å²) in [6, 6.07) is 5.42. The van der Waals surface area contributed by atoms with Gasteiger partial charge in [-0.2, -0.15) is 0 Å². The van der Waals surface area contributed by atoms with E-state index < -0.39 is 21.0 Å². The van der Waals surface area contributed by atoms with Crippen LogP contribution in [0.2, 0.25) is 0 Å². The summed E-state index contributed by atoms with van der Waals surface area (Å²) in [6.45, 7) is 2.22. The first-order valence-electron chi connectivity index (χ1n) is 9.70. The molecule has 0 unspecified atom stereocenters. The van der Waals surface area contributed by atoms with E-state index in [2.05, 4.69) is 6.92 Å². The average Bonchev–Trinajstić information content (AvgIpc) is 2.59. The molecule has 0 spiro atoms. The van der Waals surface area contributed by atoms with Crippen LogP contribution in [0.25, 0.3) is 0 Å². The van der Waals surface area contributed by atoms with Gasteiger partial charge >= 0.3 is 35.5 Å². The van der Waals surface area contributed by atoms with Crippen molar-refractivity contribution < 1.29 is 52.1 Å². The minimum Gasteiger partial charge on any atom is -0.744 e. The van der Waals surface area contributed by atoms with Gasteiger partial charge in [-0.1, -0.05) is 83.3 Å². The molecular weight excluding hydrogens is 375 g/mol. The van der Waals surface area contributed by atoms with Gasteiger partial charge < -0.3 is 9.29 Å². The topological polar surface area (TPSA) is 83.5 Å². The van der Waals surface area contributed by atoms with Gasteiger partial charge in [0.1, 0.15) is 15.9 Å². The van der Waals surface area contributed by atoms with E-state index in [9.17, 15) is 17.8 Å². The number of benzene rings is 1. The fraction of sp³-hybridized carbons (Fsp3) is 0.650. The third-order valence-corrected chi connectivity index (χ3v) is 5.20. The van der Waals surface area contributed by atoms with Gasteiger partial charge in [-0.05, 0) is 18.6 Å². The van der Waals surface area contributed by atoms with Gasteiger partial charge in [0.05, 0.1) is 4.90 Å². The molecule has 27 heavy (non-hydrogen) atoms. The van der Waals surface area contributed by atoms with Gasteiger partial charge in [-0.25, -0.2) is 8.42 Å². The Labute approximate surface area is 186 Å². The van der Waals surface area contributed by atoms with Crippen LogP contribution < -0.4 is 34.3 Å². The minimum atomic E-state index is -4.65. The molecule has 7 heteroatoms. The van der Waals surface area contributed by atoms with Crippen LogP contribution in [-0.4, -0.2) is 18.9 Å². The van der Waals surface area contributed by atoms with Gasteiger partial charge in [-0.15, -0.1) is 0 Å². The summed E-state index contributed by atoms with van der Waals surface area (Å²) in [5.74, 6) is -0.687. The fourth-order valence-electron chi connectivity index (χ4n) is 2.85. The average molecular weight is 407 g/mol. The number of hydrogen-bond acceptors (Lipinski definition) is 5. The molecule has 0 saturated heterocycles. The number of rotatable bonds is 14. The van der Waals surface area contributed by atoms with Crippen LogP contribution in [0, 0.1) is 0 Å². The zero-order valence-corrected chi connectivity index (χ0v) is 19.6. The molecule has 0 aromatic heterocycles. The van der Waals surface area contributed by atoms with Crippen LogP contribution in [0.1, 0.15) is 84.0 Å². The van der Waals surface area contributed by atoms with Gasteiger partial charge in [-0.3, -0.25) is 4.79 Å². The summed E-state index contributed by atoms with van der Waals surface area (Å²) >= 11 is 0. The molecule has 0 bridgehead atoms. The van der Waals surface area contributed by atoms with Crippen molar-refractivity contribution in [2.24, 2.45) is 0 Å². The summed E-state index contributed by atoms with van der Waals surface area (Å²) in [7, 11) is -4.65. The second-order valence-electron chi connectivity index (χ2n) is 6.66.